The van der Waals surface area contributed by atoms with Gasteiger partial charge in [0.2, 0.25) is 5.91 Å². The van der Waals surface area contributed by atoms with Crippen LogP contribution in [-0.4, -0.2) is 32.1 Å². The van der Waals surface area contributed by atoms with Crippen molar-refractivity contribution in [3.63, 3.8) is 0 Å². The highest BCUT2D eigenvalue weighted by molar-refractivity contribution is 6.30. The smallest absolute Gasteiger partial charge is 0.328 e. The Balaban J connectivity index is 2.78. The van der Waals surface area contributed by atoms with Crippen LogP contribution in [0.5, 0.6) is 5.75 Å². The van der Waals surface area contributed by atoms with Gasteiger partial charge in [0.1, 0.15) is 17.2 Å². The predicted molar refractivity (Wildman–Crippen MR) is 80.4 cm³/mol. The van der Waals surface area contributed by atoms with E-state index in [4.69, 9.17) is 16.3 Å². The zero-order chi connectivity index (χ0) is 16.0. The standard InChI is InChI=1S/C15H20ClNO4/c1-9(2)13(15(19)21-4)17-14(18)12(16)10-5-7-11(20-3)8-6-10/h5-9,12-13H,1-4H3,(H,17,18). The second kappa shape index (κ2) is 7.88. The summed E-state index contributed by atoms with van der Waals surface area (Å²) >= 11 is 6.14. The SMILES string of the molecule is COC(=O)C(NC(=O)C(Cl)c1ccc(OC)cc1)C(C)C. The maximum absolute atomic E-state index is 12.2. The van der Waals surface area contributed by atoms with Gasteiger partial charge < -0.3 is 14.8 Å². The van der Waals surface area contributed by atoms with Gasteiger partial charge in [-0.25, -0.2) is 4.79 Å². The van der Waals surface area contributed by atoms with E-state index in [2.05, 4.69) is 10.1 Å². The normalized spacial score (nSPS) is 13.4. The van der Waals surface area contributed by atoms with Crippen molar-refractivity contribution in [3.05, 3.63) is 29.8 Å². The van der Waals surface area contributed by atoms with Crippen molar-refractivity contribution in [1.82, 2.24) is 5.32 Å². The molecule has 2 unspecified atom stereocenters. The lowest BCUT2D eigenvalue weighted by Gasteiger charge is -2.21. The molecule has 0 bridgehead atoms. The summed E-state index contributed by atoms with van der Waals surface area (Å²) in [7, 11) is 2.84. The van der Waals surface area contributed by atoms with Crippen LogP contribution in [0, 0.1) is 5.92 Å². The third kappa shape index (κ3) is 4.63. The number of hydrogen-bond acceptors (Lipinski definition) is 4. The van der Waals surface area contributed by atoms with Gasteiger partial charge in [0.25, 0.3) is 0 Å². The number of alkyl halides is 1. The molecule has 0 saturated carbocycles. The zero-order valence-electron chi connectivity index (χ0n) is 12.6. The lowest BCUT2D eigenvalue weighted by Crippen LogP contribution is -2.46. The summed E-state index contributed by atoms with van der Waals surface area (Å²) in [6, 6.07) is 6.13. The Kier molecular flexibility index (Phi) is 6.49. The minimum Gasteiger partial charge on any atom is -0.497 e. The molecular weight excluding hydrogens is 294 g/mol. The number of nitrogens with one attached hydrogen (secondary N) is 1. The number of carbonyl (C=O) groups is 2. The molecule has 0 aliphatic heterocycles. The molecule has 0 radical (unpaired) electrons. The molecule has 1 rings (SSSR count). The van der Waals surface area contributed by atoms with Crippen molar-refractivity contribution in [3.8, 4) is 5.75 Å². The van der Waals surface area contributed by atoms with Crippen molar-refractivity contribution in [1.29, 1.82) is 0 Å². The van der Waals surface area contributed by atoms with Gasteiger partial charge in [-0.3, -0.25) is 4.79 Å². The van der Waals surface area contributed by atoms with E-state index in [0.29, 0.717) is 11.3 Å². The van der Waals surface area contributed by atoms with E-state index >= 15 is 0 Å². The third-order valence-electron chi connectivity index (χ3n) is 3.06. The summed E-state index contributed by atoms with van der Waals surface area (Å²) in [4.78, 5) is 23.8. The van der Waals surface area contributed by atoms with Crippen molar-refractivity contribution >= 4 is 23.5 Å². The first-order valence-corrected chi connectivity index (χ1v) is 7.00. The maximum atomic E-state index is 12.2. The molecule has 0 aliphatic carbocycles. The van der Waals surface area contributed by atoms with Crippen LogP contribution in [0.4, 0.5) is 0 Å². The molecule has 21 heavy (non-hydrogen) atoms. The lowest BCUT2D eigenvalue weighted by molar-refractivity contribution is -0.146. The van der Waals surface area contributed by atoms with E-state index < -0.39 is 23.3 Å². The summed E-state index contributed by atoms with van der Waals surface area (Å²) in [6.07, 6.45) is 0. The van der Waals surface area contributed by atoms with E-state index in [1.807, 2.05) is 13.8 Å². The van der Waals surface area contributed by atoms with Crippen LogP contribution in [0.15, 0.2) is 24.3 Å². The molecule has 0 fully saturated rings. The second-order valence-corrected chi connectivity index (χ2v) is 5.33. The minimum atomic E-state index is -0.887. The van der Waals surface area contributed by atoms with Crippen LogP contribution in [-0.2, 0) is 14.3 Å². The molecule has 1 aromatic carbocycles. The summed E-state index contributed by atoms with van der Waals surface area (Å²) in [6.45, 7) is 3.64. The van der Waals surface area contributed by atoms with Crippen LogP contribution < -0.4 is 10.1 Å². The average Bonchev–Trinajstić information content (AvgIpc) is 2.50. The van der Waals surface area contributed by atoms with Crippen molar-refractivity contribution in [2.75, 3.05) is 14.2 Å². The quantitative estimate of drug-likeness (QED) is 0.646. The Hall–Kier alpha value is -1.75. The Bertz CT molecular complexity index is 487. The molecule has 0 spiro atoms. The van der Waals surface area contributed by atoms with Gasteiger partial charge in [0.05, 0.1) is 14.2 Å². The number of ether oxygens (including phenoxy) is 2. The first kappa shape index (κ1) is 17.3. The maximum Gasteiger partial charge on any atom is 0.328 e. The fourth-order valence-electron chi connectivity index (χ4n) is 1.78. The minimum absolute atomic E-state index is 0.0962. The van der Waals surface area contributed by atoms with Crippen LogP contribution in [0.25, 0.3) is 0 Å². The topological polar surface area (TPSA) is 64.6 Å². The van der Waals surface area contributed by atoms with E-state index in [1.165, 1.54) is 7.11 Å². The predicted octanol–water partition coefficient (Wildman–Crippen LogP) is 2.29. The third-order valence-corrected chi connectivity index (χ3v) is 3.51. The number of halogens is 1. The van der Waals surface area contributed by atoms with Gasteiger partial charge in [0, 0.05) is 0 Å². The Morgan fingerprint density at radius 2 is 1.71 bits per heavy atom. The number of rotatable bonds is 6. The summed E-state index contributed by atoms with van der Waals surface area (Å²) in [5, 5.41) is 1.73. The van der Waals surface area contributed by atoms with Gasteiger partial charge in [-0.15, -0.1) is 11.6 Å². The van der Waals surface area contributed by atoms with Gasteiger partial charge >= 0.3 is 5.97 Å². The van der Waals surface area contributed by atoms with Crippen molar-refractivity contribution < 1.29 is 19.1 Å². The Morgan fingerprint density at radius 3 is 2.14 bits per heavy atom. The fraction of sp³-hybridized carbons (Fsp3) is 0.467. The highest BCUT2D eigenvalue weighted by Gasteiger charge is 2.28. The van der Waals surface area contributed by atoms with Crippen molar-refractivity contribution in [2.45, 2.75) is 25.3 Å². The number of hydrogen-bond donors (Lipinski definition) is 1. The number of carbonyl (C=O) groups excluding carboxylic acids is 2. The monoisotopic (exact) mass is 313 g/mol. The molecule has 1 N–H and O–H groups in total. The number of methoxy groups -OCH3 is 2. The molecule has 0 aromatic heterocycles. The molecule has 6 heteroatoms. The molecular formula is C15H20ClNO4. The molecule has 0 saturated heterocycles. The zero-order valence-corrected chi connectivity index (χ0v) is 13.3. The lowest BCUT2D eigenvalue weighted by atomic mass is 10.0. The molecule has 0 aliphatic rings. The van der Waals surface area contributed by atoms with E-state index in [0.717, 1.165) is 0 Å². The second-order valence-electron chi connectivity index (χ2n) is 4.89. The van der Waals surface area contributed by atoms with E-state index in [-0.39, 0.29) is 5.92 Å². The number of amides is 1. The van der Waals surface area contributed by atoms with Gasteiger partial charge in [-0.2, -0.15) is 0 Å². The molecule has 1 amide bonds. The Labute approximate surface area is 129 Å². The van der Waals surface area contributed by atoms with Crippen LogP contribution in [0.1, 0.15) is 24.8 Å². The summed E-state index contributed by atoms with van der Waals surface area (Å²) in [5.74, 6) is -0.346. The van der Waals surface area contributed by atoms with Crippen LogP contribution in [0.3, 0.4) is 0 Å². The Morgan fingerprint density at radius 1 is 1.14 bits per heavy atom. The molecule has 2 atom stereocenters. The highest BCUT2D eigenvalue weighted by atomic mass is 35.5. The molecule has 0 heterocycles. The van der Waals surface area contributed by atoms with Crippen molar-refractivity contribution in [2.24, 2.45) is 5.92 Å². The fourth-order valence-corrected chi connectivity index (χ4v) is 1.98. The molecule has 5 nitrogen and oxygen atoms in total. The molecule has 1 aromatic rings. The van der Waals surface area contributed by atoms with Gasteiger partial charge in [0.15, 0.2) is 0 Å². The first-order chi connectivity index (χ1) is 9.90. The number of esters is 1. The molecule has 116 valence electrons. The largest absolute Gasteiger partial charge is 0.497 e. The van der Waals surface area contributed by atoms with Gasteiger partial charge in [-0.05, 0) is 23.6 Å². The first-order valence-electron chi connectivity index (χ1n) is 6.57. The summed E-state index contributed by atoms with van der Waals surface area (Å²) in [5.41, 5.74) is 0.627. The van der Waals surface area contributed by atoms with E-state index in [1.54, 1.807) is 31.4 Å². The van der Waals surface area contributed by atoms with E-state index in [9.17, 15) is 9.59 Å². The summed E-state index contributed by atoms with van der Waals surface area (Å²) < 4.78 is 9.72. The van der Waals surface area contributed by atoms with Crippen LogP contribution >= 0.6 is 11.6 Å². The van der Waals surface area contributed by atoms with Gasteiger partial charge in [-0.1, -0.05) is 26.0 Å². The van der Waals surface area contributed by atoms with Crippen LogP contribution in [0.2, 0.25) is 0 Å². The number of benzene rings is 1. The average molecular weight is 314 g/mol. The highest BCUT2D eigenvalue weighted by Crippen LogP contribution is 2.23.